The van der Waals surface area contributed by atoms with Crippen LogP contribution in [-0.2, 0) is 9.53 Å². The lowest BCUT2D eigenvalue weighted by Crippen LogP contribution is -1.98. The van der Waals surface area contributed by atoms with Gasteiger partial charge in [-0.2, -0.15) is 5.26 Å². The average Bonchev–Trinajstić information content (AvgIpc) is 2.85. The van der Waals surface area contributed by atoms with Crippen LogP contribution >= 0.6 is 0 Å². The fourth-order valence-electron chi connectivity index (χ4n) is 1.49. The molecule has 0 bridgehead atoms. The van der Waals surface area contributed by atoms with E-state index in [2.05, 4.69) is 56.3 Å². The third-order valence-electron chi connectivity index (χ3n) is 3.09. The Morgan fingerprint density at radius 2 is 1.28 bits per heavy atom. The van der Waals surface area contributed by atoms with E-state index in [0.29, 0.717) is 5.57 Å². The molecule has 2 rings (SSSR count). The molecule has 0 unspecified atom stereocenters. The van der Waals surface area contributed by atoms with Crippen molar-refractivity contribution in [3.63, 3.8) is 0 Å². The lowest BCUT2D eigenvalue weighted by molar-refractivity contribution is -0.136. The van der Waals surface area contributed by atoms with Crippen LogP contribution in [0.25, 0.3) is 11.6 Å². The van der Waals surface area contributed by atoms with E-state index in [0.717, 1.165) is 5.57 Å². The Labute approximate surface area is 194 Å². The predicted molar refractivity (Wildman–Crippen MR) is 141 cm³/mol. The molecule has 0 heterocycles. The average molecular weight is 430 g/mol. The van der Waals surface area contributed by atoms with E-state index in [9.17, 15) is 4.79 Å². The van der Waals surface area contributed by atoms with Crippen LogP contribution < -0.4 is 0 Å². The number of hydrogen-bond donors (Lipinski definition) is 0. The van der Waals surface area contributed by atoms with E-state index in [1.54, 1.807) is 25.1 Å². The van der Waals surface area contributed by atoms with Crippen LogP contribution in [0.15, 0.2) is 124 Å². The molecule has 168 valence electrons. The molecule has 0 atom stereocenters. The molecule has 2 aromatic carbocycles. The van der Waals surface area contributed by atoms with E-state index >= 15 is 0 Å². The maximum Gasteiger partial charge on any atom is 0.332 e. The van der Waals surface area contributed by atoms with Crippen LogP contribution in [0.3, 0.4) is 0 Å². The quantitative estimate of drug-likeness (QED) is 0.215. The summed E-state index contributed by atoms with van der Waals surface area (Å²) in [5, 5.41) is 7.51. The molecular weight excluding hydrogens is 394 g/mol. The molecule has 2 aromatic rings. The number of carbonyl (C=O) groups is 1. The van der Waals surface area contributed by atoms with Gasteiger partial charge in [-0.3, -0.25) is 0 Å². The summed E-state index contributed by atoms with van der Waals surface area (Å²) in [4.78, 5) is 10.2. The van der Waals surface area contributed by atoms with Crippen molar-refractivity contribution in [3.8, 4) is 6.07 Å². The number of methoxy groups -OCH3 is 1. The summed E-state index contributed by atoms with van der Waals surface area (Å²) in [7, 11) is 1.33. The highest BCUT2D eigenvalue weighted by Crippen LogP contribution is 2.08. The molecule has 0 aliphatic heterocycles. The van der Waals surface area contributed by atoms with Gasteiger partial charge in [0.25, 0.3) is 0 Å². The second-order valence-corrected chi connectivity index (χ2v) is 5.84. The molecule has 3 nitrogen and oxygen atoms in total. The predicted octanol–water partition coefficient (Wildman–Crippen LogP) is 7.84. The number of carbonyl (C=O) groups excluding carboxylic acids is 1. The van der Waals surface area contributed by atoms with Crippen molar-refractivity contribution in [2.75, 3.05) is 7.11 Å². The first-order valence-electron chi connectivity index (χ1n) is 9.61. The minimum absolute atomic E-state index is 0.347. The van der Waals surface area contributed by atoms with Gasteiger partial charge in [-0.15, -0.1) is 0 Å². The van der Waals surface area contributed by atoms with Crippen LogP contribution in [0, 0.1) is 11.3 Å². The molecule has 0 saturated carbocycles. The number of nitriles is 1. The summed E-state index contributed by atoms with van der Waals surface area (Å²) >= 11 is 0. The third-order valence-corrected chi connectivity index (χ3v) is 3.09. The number of benzene rings is 2. The molecule has 0 aromatic heterocycles. The largest absolute Gasteiger partial charge is 0.466 e. The first-order valence-corrected chi connectivity index (χ1v) is 9.61. The van der Waals surface area contributed by atoms with E-state index in [1.807, 2.05) is 61.5 Å². The standard InChI is InChI=1S/C9H10.C8H8.C5H8O2.C4H6.C3H3N/c1-8(2)9-6-4-3-5-7-9;1-2-8-6-4-3-5-7-8;1-4(2)5(6)7-3;1-3-4-2;1-2-3-4/h3-7H,1H2,2H3;2-7H,1H2;1H2,2-3H3;3-4H,1-2H2;2H,1H2. The number of ether oxygens (including phenoxy) is 1. The van der Waals surface area contributed by atoms with Crippen molar-refractivity contribution in [1.29, 1.82) is 5.26 Å². The molecule has 0 N–H and O–H groups in total. The zero-order chi connectivity index (χ0) is 25.2. The Morgan fingerprint density at radius 1 is 0.875 bits per heavy atom. The van der Waals surface area contributed by atoms with Crippen LogP contribution in [0.2, 0.25) is 0 Å². The first kappa shape index (κ1) is 32.5. The summed E-state index contributed by atoms with van der Waals surface area (Å²) in [5.74, 6) is -0.347. The van der Waals surface area contributed by atoms with Crippen LogP contribution in [0.4, 0.5) is 0 Å². The van der Waals surface area contributed by atoms with E-state index in [1.165, 1.54) is 24.3 Å². The van der Waals surface area contributed by atoms with E-state index in [-0.39, 0.29) is 5.97 Å². The minimum Gasteiger partial charge on any atom is -0.466 e. The fourth-order valence-corrected chi connectivity index (χ4v) is 1.49. The number of nitrogens with zero attached hydrogens (tertiary/aromatic N) is 1. The third kappa shape index (κ3) is 23.9. The van der Waals surface area contributed by atoms with Gasteiger partial charge in [0.2, 0.25) is 0 Å². The zero-order valence-electron chi connectivity index (χ0n) is 19.6. The second kappa shape index (κ2) is 24.9. The molecular formula is C29H35NO2. The normalized spacial score (nSPS) is 7.44. The fraction of sp³-hybridized carbons (Fsp3) is 0.103. The van der Waals surface area contributed by atoms with Crippen LogP contribution in [0.5, 0.6) is 0 Å². The first-order chi connectivity index (χ1) is 15.2. The molecule has 32 heavy (non-hydrogen) atoms. The Kier molecular flexibility index (Phi) is 25.3. The van der Waals surface area contributed by atoms with Crippen molar-refractivity contribution >= 4 is 17.6 Å². The van der Waals surface area contributed by atoms with Gasteiger partial charge in [0.05, 0.1) is 13.2 Å². The maximum atomic E-state index is 10.2. The van der Waals surface area contributed by atoms with Gasteiger partial charge in [-0.05, 0) is 25.0 Å². The molecule has 0 amide bonds. The van der Waals surface area contributed by atoms with Gasteiger partial charge < -0.3 is 4.74 Å². The van der Waals surface area contributed by atoms with Crippen molar-refractivity contribution in [2.24, 2.45) is 0 Å². The smallest absolute Gasteiger partial charge is 0.332 e. The SMILES string of the molecule is C=C(C)C(=O)OC.C=C(C)c1ccccc1.C=CC#N.C=CC=C.C=Cc1ccccc1. The van der Waals surface area contributed by atoms with Gasteiger partial charge in [0, 0.05) is 11.6 Å². The molecule has 0 fully saturated rings. The second-order valence-electron chi connectivity index (χ2n) is 5.84. The number of allylic oxidation sites excluding steroid dienone is 4. The van der Waals surface area contributed by atoms with Crippen LogP contribution in [0.1, 0.15) is 25.0 Å². The Bertz CT molecular complexity index is 851. The summed E-state index contributed by atoms with van der Waals surface area (Å²) < 4.78 is 4.27. The molecule has 0 radical (unpaired) electrons. The highest BCUT2D eigenvalue weighted by molar-refractivity contribution is 5.86. The minimum atomic E-state index is -0.347. The van der Waals surface area contributed by atoms with Crippen molar-refractivity contribution in [1.82, 2.24) is 0 Å². The number of rotatable bonds is 4. The lowest BCUT2D eigenvalue weighted by atomic mass is 10.1. The van der Waals surface area contributed by atoms with Crippen molar-refractivity contribution in [3.05, 3.63) is 135 Å². The molecule has 0 aliphatic carbocycles. The van der Waals surface area contributed by atoms with Gasteiger partial charge in [-0.25, -0.2) is 4.79 Å². The monoisotopic (exact) mass is 429 g/mol. The van der Waals surface area contributed by atoms with E-state index in [4.69, 9.17) is 5.26 Å². The highest BCUT2D eigenvalue weighted by atomic mass is 16.5. The van der Waals surface area contributed by atoms with Gasteiger partial charge in [0.1, 0.15) is 0 Å². The topological polar surface area (TPSA) is 50.1 Å². The molecule has 3 heteroatoms. The summed E-state index contributed by atoms with van der Waals surface area (Å²) in [6.07, 6.45) is 6.29. The molecule has 0 spiro atoms. The molecule has 0 saturated heterocycles. The Balaban J connectivity index is -0.000000342. The highest BCUT2D eigenvalue weighted by Gasteiger charge is 1.95. The Hall–Kier alpha value is -4.16. The zero-order valence-corrected chi connectivity index (χ0v) is 19.6. The van der Waals surface area contributed by atoms with Crippen molar-refractivity contribution in [2.45, 2.75) is 13.8 Å². The van der Waals surface area contributed by atoms with Crippen LogP contribution in [-0.4, -0.2) is 13.1 Å². The molecule has 0 aliphatic rings. The number of esters is 1. The van der Waals surface area contributed by atoms with E-state index < -0.39 is 0 Å². The van der Waals surface area contributed by atoms with Gasteiger partial charge >= 0.3 is 5.97 Å². The van der Waals surface area contributed by atoms with Gasteiger partial charge in [0.15, 0.2) is 0 Å². The summed E-state index contributed by atoms with van der Waals surface area (Å²) in [5.41, 5.74) is 3.95. The number of hydrogen-bond acceptors (Lipinski definition) is 3. The van der Waals surface area contributed by atoms with Crippen molar-refractivity contribution < 1.29 is 9.53 Å². The van der Waals surface area contributed by atoms with Gasteiger partial charge in [-0.1, -0.05) is 124 Å². The maximum absolute atomic E-state index is 10.2. The summed E-state index contributed by atoms with van der Waals surface area (Å²) in [6.45, 7) is 24.3. The Morgan fingerprint density at radius 3 is 1.44 bits per heavy atom. The summed E-state index contributed by atoms with van der Waals surface area (Å²) in [6, 6.07) is 21.9. The lowest BCUT2D eigenvalue weighted by Gasteiger charge is -1.94.